The smallest absolute Gasteiger partial charge is 0.337 e. The summed E-state index contributed by atoms with van der Waals surface area (Å²) >= 11 is 0. The SMILES string of the molecule is COC(=O)c1ccc(C=CC(=O)N2CC(CC(C)C)NC(=O)C2CC(C)C)cc1. The van der Waals surface area contributed by atoms with Gasteiger partial charge in [-0.1, -0.05) is 39.8 Å². The first-order chi connectivity index (χ1) is 13.7. The molecule has 2 atom stereocenters. The van der Waals surface area contributed by atoms with E-state index in [1.165, 1.54) is 13.2 Å². The molecule has 0 aromatic heterocycles. The van der Waals surface area contributed by atoms with Gasteiger partial charge in [-0.2, -0.15) is 0 Å². The van der Waals surface area contributed by atoms with Crippen LogP contribution in [0.1, 0.15) is 56.5 Å². The van der Waals surface area contributed by atoms with Crippen molar-refractivity contribution in [3.63, 3.8) is 0 Å². The van der Waals surface area contributed by atoms with E-state index in [1.54, 1.807) is 35.2 Å². The van der Waals surface area contributed by atoms with Crippen molar-refractivity contribution in [2.24, 2.45) is 11.8 Å². The summed E-state index contributed by atoms with van der Waals surface area (Å²) < 4.78 is 4.69. The summed E-state index contributed by atoms with van der Waals surface area (Å²) in [6, 6.07) is 6.35. The highest BCUT2D eigenvalue weighted by molar-refractivity contribution is 5.96. The van der Waals surface area contributed by atoms with E-state index >= 15 is 0 Å². The molecule has 0 radical (unpaired) electrons. The van der Waals surface area contributed by atoms with Crippen LogP contribution in [0.5, 0.6) is 0 Å². The number of nitrogens with zero attached hydrogens (tertiary/aromatic N) is 1. The molecule has 29 heavy (non-hydrogen) atoms. The summed E-state index contributed by atoms with van der Waals surface area (Å²) in [6.07, 6.45) is 4.68. The molecule has 0 saturated carbocycles. The molecule has 2 amide bonds. The zero-order chi connectivity index (χ0) is 21.6. The quantitative estimate of drug-likeness (QED) is 0.563. The van der Waals surface area contributed by atoms with Gasteiger partial charge >= 0.3 is 5.97 Å². The molecule has 1 N–H and O–H groups in total. The monoisotopic (exact) mass is 400 g/mol. The van der Waals surface area contributed by atoms with E-state index in [0.29, 0.717) is 30.4 Å². The predicted octanol–water partition coefficient (Wildman–Crippen LogP) is 3.27. The Morgan fingerprint density at radius 1 is 1.14 bits per heavy atom. The lowest BCUT2D eigenvalue weighted by Gasteiger charge is -2.40. The number of hydrogen-bond donors (Lipinski definition) is 1. The highest BCUT2D eigenvalue weighted by atomic mass is 16.5. The van der Waals surface area contributed by atoms with Crippen molar-refractivity contribution in [2.75, 3.05) is 13.7 Å². The topological polar surface area (TPSA) is 75.7 Å². The average molecular weight is 401 g/mol. The van der Waals surface area contributed by atoms with Crippen LogP contribution in [0.3, 0.4) is 0 Å². The van der Waals surface area contributed by atoms with Crippen LogP contribution in [0, 0.1) is 11.8 Å². The van der Waals surface area contributed by atoms with Crippen LogP contribution in [0.2, 0.25) is 0 Å². The first kappa shape index (κ1) is 22.7. The highest BCUT2D eigenvalue weighted by Crippen LogP contribution is 2.20. The minimum Gasteiger partial charge on any atom is -0.465 e. The second kappa shape index (κ2) is 10.2. The van der Waals surface area contributed by atoms with Crippen LogP contribution in [0.15, 0.2) is 30.3 Å². The largest absolute Gasteiger partial charge is 0.465 e. The molecule has 6 heteroatoms. The molecule has 1 heterocycles. The van der Waals surface area contributed by atoms with Gasteiger partial charge in [0.05, 0.1) is 12.7 Å². The second-order valence-corrected chi connectivity index (χ2v) is 8.42. The highest BCUT2D eigenvalue weighted by Gasteiger charge is 2.36. The number of piperazine rings is 1. The van der Waals surface area contributed by atoms with Crippen molar-refractivity contribution in [3.05, 3.63) is 41.5 Å². The van der Waals surface area contributed by atoms with Crippen LogP contribution in [-0.2, 0) is 14.3 Å². The van der Waals surface area contributed by atoms with Crippen LogP contribution in [-0.4, -0.2) is 48.4 Å². The third kappa shape index (κ3) is 6.44. The van der Waals surface area contributed by atoms with Crippen LogP contribution in [0.4, 0.5) is 0 Å². The average Bonchev–Trinajstić information content (AvgIpc) is 2.67. The number of esters is 1. The molecule has 1 fully saturated rings. The Morgan fingerprint density at radius 2 is 1.76 bits per heavy atom. The van der Waals surface area contributed by atoms with Crippen molar-refractivity contribution < 1.29 is 19.1 Å². The molecule has 6 nitrogen and oxygen atoms in total. The summed E-state index contributed by atoms with van der Waals surface area (Å²) in [5.74, 6) is 0.0973. The molecular formula is C23H32N2O4. The summed E-state index contributed by atoms with van der Waals surface area (Å²) in [4.78, 5) is 38.8. The Labute approximate surface area is 173 Å². The van der Waals surface area contributed by atoms with E-state index < -0.39 is 12.0 Å². The van der Waals surface area contributed by atoms with Crippen molar-refractivity contribution in [3.8, 4) is 0 Å². The van der Waals surface area contributed by atoms with Crippen LogP contribution in [0.25, 0.3) is 6.08 Å². The number of nitrogens with one attached hydrogen (secondary N) is 1. The Bertz CT molecular complexity index is 753. The first-order valence-corrected chi connectivity index (χ1v) is 10.2. The molecular weight excluding hydrogens is 368 g/mol. The van der Waals surface area contributed by atoms with E-state index in [0.717, 1.165) is 12.0 Å². The Kier molecular flexibility index (Phi) is 8.00. The number of methoxy groups -OCH3 is 1. The number of carbonyl (C=O) groups excluding carboxylic acids is 3. The molecule has 1 aliphatic heterocycles. The summed E-state index contributed by atoms with van der Waals surface area (Å²) in [6.45, 7) is 8.84. The van der Waals surface area contributed by atoms with Gasteiger partial charge in [0, 0.05) is 18.7 Å². The summed E-state index contributed by atoms with van der Waals surface area (Å²) in [7, 11) is 1.34. The minimum absolute atomic E-state index is 0.0254. The minimum atomic E-state index is -0.447. The number of ether oxygens (including phenoxy) is 1. The number of hydrogen-bond acceptors (Lipinski definition) is 4. The predicted molar refractivity (Wildman–Crippen MR) is 113 cm³/mol. The van der Waals surface area contributed by atoms with E-state index in [4.69, 9.17) is 0 Å². The number of benzene rings is 1. The van der Waals surface area contributed by atoms with Crippen LogP contribution >= 0.6 is 0 Å². The van der Waals surface area contributed by atoms with Gasteiger partial charge in [-0.3, -0.25) is 9.59 Å². The fraction of sp³-hybridized carbons (Fsp3) is 0.522. The second-order valence-electron chi connectivity index (χ2n) is 8.42. The zero-order valence-corrected chi connectivity index (χ0v) is 18.0. The number of amides is 2. The molecule has 0 spiro atoms. The molecule has 1 saturated heterocycles. The first-order valence-electron chi connectivity index (χ1n) is 10.2. The summed E-state index contributed by atoms with van der Waals surface area (Å²) in [5, 5.41) is 3.08. The van der Waals surface area contributed by atoms with Gasteiger partial charge in [0.25, 0.3) is 0 Å². The molecule has 0 aliphatic carbocycles. The maximum absolute atomic E-state index is 12.9. The van der Waals surface area contributed by atoms with E-state index in [9.17, 15) is 14.4 Å². The van der Waals surface area contributed by atoms with Crippen molar-refractivity contribution in [2.45, 2.75) is 52.6 Å². The van der Waals surface area contributed by atoms with Crippen molar-refractivity contribution >= 4 is 23.9 Å². The van der Waals surface area contributed by atoms with Gasteiger partial charge in [-0.05, 0) is 48.4 Å². The molecule has 1 aliphatic rings. The molecule has 2 rings (SSSR count). The Morgan fingerprint density at radius 3 is 2.31 bits per heavy atom. The van der Waals surface area contributed by atoms with E-state index in [-0.39, 0.29) is 17.9 Å². The molecule has 158 valence electrons. The molecule has 2 unspecified atom stereocenters. The lowest BCUT2D eigenvalue weighted by atomic mass is 9.95. The van der Waals surface area contributed by atoms with Crippen molar-refractivity contribution in [1.29, 1.82) is 0 Å². The maximum atomic E-state index is 12.9. The van der Waals surface area contributed by atoms with Gasteiger partial charge in [-0.25, -0.2) is 4.79 Å². The normalized spacial score (nSPS) is 19.7. The number of rotatable bonds is 7. The van der Waals surface area contributed by atoms with Gasteiger partial charge in [-0.15, -0.1) is 0 Å². The van der Waals surface area contributed by atoms with Crippen LogP contribution < -0.4 is 5.32 Å². The van der Waals surface area contributed by atoms with Gasteiger partial charge in [0.15, 0.2) is 0 Å². The number of carbonyl (C=O) groups is 3. The van der Waals surface area contributed by atoms with Gasteiger partial charge in [0.2, 0.25) is 11.8 Å². The molecule has 0 bridgehead atoms. The fourth-order valence-electron chi connectivity index (χ4n) is 3.59. The van der Waals surface area contributed by atoms with Gasteiger partial charge in [0.1, 0.15) is 6.04 Å². The summed E-state index contributed by atoms with van der Waals surface area (Å²) in [5.41, 5.74) is 1.25. The van der Waals surface area contributed by atoms with E-state index in [1.807, 2.05) is 0 Å². The molecule has 1 aromatic rings. The third-order valence-corrected chi connectivity index (χ3v) is 4.93. The Hall–Kier alpha value is -2.63. The standard InChI is InChI=1S/C23H32N2O4/c1-15(2)12-19-14-25(20(13-16(3)4)22(27)24-19)21(26)11-8-17-6-9-18(10-7-17)23(28)29-5/h6-11,15-16,19-20H,12-14H2,1-5H3,(H,24,27). The Balaban J connectivity index is 2.15. The maximum Gasteiger partial charge on any atom is 0.337 e. The van der Waals surface area contributed by atoms with E-state index in [2.05, 4.69) is 37.7 Å². The third-order valence-electron chi connectivity index (χ3n) is 4.93. The molecule has 1 aromatic carbocycles. The van der Waals surface area contributed by atoms with Gasteiger partial charge < -0.3 is 15.0 Å². The lowest BCUT2D eigenvalue weighted by molar-refractivity contribution is -0.142. The fourth-order valence-corrected chi connectivity index (χ4v) is 3.59. The zero-order valence-electron chi connectivity index (χ0n) is 18.0. The van der Waals surface area contributed by atoms with Crippen molar-refractivity contribution in [1.82, 2.24) is 10.2 Å². The lowest BCUT2D eigenvalue weighted by Crippen LogP contribution is -2.61.